The van der Waals surface area contributed by atoms with E-state index in [2.05, 4.69) is 22.1 Å². The molecule has 3 aromatic heterocycles. The van der Waals surface area contributed by atoms with Gasteiger partial charge < -0.3 is 4.74 Å². The maximum absolute atomic E-state index is 13.5. The number of rotatable bonds is 2. The van der Waals surface area contributed by atoms with Gasteiger partial charge in [0.05, 0.1) is 31.1 Å². The van der Waals surface area contributed by atoms with Gasteiger partial charge in [-0.15, -0.1) is 0 Å². The first-order valence-corrected chi connectivity index (χ1v) is 8.88. The van der Waals surface area contributed by atoms with Crippen LogP contribution in [0.4, 0.5) is 4.39 Å². The summed E-state index contributed by atoms with van der Waals surface area (Å²) >= 11 is 0. The molecule has 4 aromatic rings. The summed E-state index contributed by atoms with van der Waals surface area (Å²) in [6.45, 7) is 5.14. The van der Waals surface area contributed by atoms with E-state index >= 15 is 0 Å². The van der Waals surface area contributed by atoms with E-state index in [1.807, 2.05) is 17.7 Å². The van der Waals surface area contributed by atoms with Crippen LogP contribution < -0.4 is 0 Å². The number of H-pyrrole nitrogens is 1. The Morgan fingerprint density at radius 1 is 1.26 bits per heavy atom. The van der Waals surface area contributed by atoms with E-state index in [9.17, 15) is 4.39 Å². The molecule has 6 nitrogen and oxygen atoms in total. The third kappa shape index (κ3) is 2.54. The average Bonchev–Trinajstić information content (AvgIpc) is 3.27. The summed E-state index contributed by atoms with van der Waals surface area (Å²) in [7, 11) is 0. The summed E-state index contributed by atoms with van der Waals surface area (Å²) in [5, 5.41) is 12.9. The zero-order valence-electron chi connectivity index (χ0n) is 15.0. The van der Waals surface area contributed by atoms with Gasteiger partial charge in [0.15, 0.2) is 5.65 Å². The highest BCUT2D eigenvalue weighted by Gasteiger charge is 2.28. The Morgan fingerprint density at radius 2 is 2.07 bits per heavy atom. The van der Waals surface area contributed by atoms with Crippen LogP contribution in [0, 0.1) is 12.7 Å². The molecule has 0 amide bonds. The fourth-order valence-electron chi connectivity index (χ4n) is 3.73. The monoisotopic (exact) mass is 363 g/mol. The quantitative estimate of drug-likeness (QED) is 0.584. The molecule has 1 atom stereocenters. The second kappa shape index (κ2) is 5.99. The summed E-state index contributed by atoms with van der Waals surface area (Å²) < 4.78 is 21.3. The predicted octanol–water partition coefficient (Wildman–Crippen LogP) is 4.03. The standard InChI is InChI=1S/C20H18FN5O/c1-11-7-15(16-8-22-24-20(16)23-11)18-17-10-27-9-12(2)26(17)25-19(18)13-3-5-14(21)6-4-13/h3-8,12H,9-10H2,1-2H3,(H,22,23,24)/t12-/m0/s1. The molecule has 0 unspecified atom stereocenters. The Bertz CT molecular complexity index is 1150. The Hall–Kier alpha value is -3.06. The lowest BCUT2D eigenvalue weighted by atomic mass is 9.96. The zero-order chi connectivity index (χ0) is 18.5. The normalized spacial score (nSPS) is 16.6. The number of ether oxygens (including phenoxy) is 1. The average molecular weight is 363 g/mol. The topological polar surface area (TPSA) is 68.6 Å². The Labute approximate surface area is 155 Å². The minimum atomic E-state index is -0.266. The molecule has 7 heteroatoms. The number of pyridine rings is 1. The highest BCUT2D eigenvalue weighted by Crippen LogP contribution is 2.40. The minimum absolute atomic E-state index is 0.129. The third-order valence-electron chi connectivity index (χ3n) is 4.96. The van der Waals surface area contributed by atoms with Crippen LogP contribution in [0.3, 0.4) is 0 Å². The molecular weight excluding hydrogens is 345 g/mol. The third-order valence-corrected chi connectivity index (χ3v) is 4.96. The number of aromatic amines is 1. The molecule has 0 aliphatic carbocycles. The molecule has 5 rings (SSSR count). The molecule has 4 heterocycles. The lowest BCUT2D eigenvalue weighted by Crippen LogP contribution is -2.22. The molecule has 0 radical (unpaired) electrons. The van der Waals surface area contributed by atoms with Crippen LogP contribution in [0.5, 0.6) is 0 Å². The van der Waals surface area contributed by atoms with Crippen molar-refractivity contribution in [2.75, 3.05) is 6.61 Å². The number of hydrogen-bond donors (Lipinski definition) is 1. The van der Waals surface area contributed by atoms with Crippen molar-refractivity contribution in [3.05, 3.63) is 53.7 Å². The Balaban J connectivity index is 1.84. The Morgan fingerprint density at radius 3 is 2.89 bits per heavy atom. The van der Waals surface area contributed by atoms with Crippen molar-refractivity contribution in [1.82, 2.24) is 25.0 Å². The van der Waals surface area contributed by atoms with Crippen molar-refractivity contribution in [2.24, 2.45) is 0 Å². The number of aryl methyl sites for hydroxylation is 1. The smallest absolute Gasteiger partial charge is 0.155 e. The molecule has 1 aliphatic heterocycles. The minimum Gasteiger partial charge on any atom is -0.373 e. The zero-order valence-corrected chi connectivity index (χ0v) is 15.0. The molecular formula is C20H18FN5O. The number of halogens is 1. The van der Waals surface area contributed by atoms with Gasteiger partial charge in [-0.05, 0) is 44.2 Å². The van der Waals surface area contributed by atoms with Crippen molar-refractivity contribution < 1.29 is 9.13 Å². The van der Waals surface area contributed by atoms with Crippen LogP contribution in [0.25, 0.3) is 33.4 Å². The van der Waals surface area contributed by atoms with Crippen LogP contribution in [-0.2, 0) is 11.3 Å². The van der Waals surface area contributed by atoms with Gasteiger partial charge in [-0.25, -0.2) is 9.37 Å². The van der Waals surface area contributed by atoms with Crippen LogP contribution in [0.1, 0.15) is 24.4 Å². The fourth-order valence-corrected chi connectivity index (χ4v) is 3.73. The SMILES string of the molecule is Cc1cc(-c2c(-c3ccc(F)cc3)nn3c2COC[C@@H]3C)c2cn[nH]c2n1. The predicted molar refractivity (Wildman–Crippen MR) is 99.6 cm³/mol. The Kier molecular flexibility index (Phi) is 3.58. The van der Waals surface area contributed by atoms with Gasteiger partial charge >= 0.3 is 0 Å². The largest absolute Gasteiger partial charge is 0.373 e. The maximum atomic E-state index is 13.5. The molecule has 136 valence electrons. The van der Waals surface area contributed by atoms with E-state index < -0.39 is 0 Å². The first-order chi connectivity index (χ1) is 13.1. The molecule has 0 bridgehead atoms. The van der Waals surface area contributed by atoms with Crippen LogP contribution in [0.15, 0.2) is 36.5 Å². The van der Waals surface area contributed by atoms with Gasteiger partial charge in [0.1, 0.15) is 11.5 Å². The maximum Gasteiger partial charge on any atom is 0.155 e. The van der Waals surface area contributed by atoms with Crippen molar-refractivity contribution in [3.63, 3.8) is 0 Å². The summed E-state index contributed by atoms with van der Waals surface area (Å²) in [5.74, 6) is -0.266. The fraction of sp³-hybridized carbons (Fsp3) is 0.250. The van der Waals surface area contributed by atoms with Gasteiger partial charge in [0.2, 0.25) is 0 Å². The highest BCUT2D eigenvalue weighted by molar-refractivity contribution is 5.97. The lowest BCUT2D eigenvalue weighted by Gasteiger charge is -2.22. The summed E-state index contributed by atoms with van der Waals surface area (Å²) in [4.78, 5) is 4.52. The van der Waals surface area contributed by atoms with Gasteiger partial charge in [-0.3, -0.25) is 9.78 Å². The van der Waals surface area contributed by atoms with Gasteiger partial charge in [0, 0.05) is 27.8 Å². The van der Waals surface area contributed by atoms with E-state index in [0.29, 0.717) is 13.2 Å². The van der Waals surface area contributed by atoms with Crippen molar-refractivity contribution >= 4 is 11.0 Å². The van der Waals surface area contributed by atoms with Crippen LogP contribution in [0.2, 0.25) is 0 Å². The molecule has 0 fully saturated rings. The highest BCUT2D eigenvalue weighted by atomic mass is 19.1. The molecule has 0 saturated heterocycles. The van der Waals surface area contributed by atoms with E-state index in [1.165, 1.54) is 12.1 Å². The van der Waals surface area contributed by atoms with Crippen molar-refractivity contribution in [2.45, 2.75) is 26.5 Å². The molecule has 0 saturated carbocycles. The van der Waals surface area contributed by atoms with E-state index in [0.717, 1.165) is 44.8 Å². The lowest BCUT2D eigenvalue weighted by molar-refractivity contribution is 0.0580. The first kappa shape index (κ1) is 16.1. The number of aromatic nitrogens is 5. The van der Waals surface area contributed by atoms with Gasteiger partial charge in [0.25, 0.3) is 0 Å². The summed E-state index contributed by atoms with van der Waals surface area (Å²) in [6.07, 6.45) is 1.78. The molecule has 1 aromatic carbocycles. The molecule has 1 N–H and O–H groups in total. The van der Waals surface area contributed by atoms with E-state index in [1.54, 1.807) is 18.3 Å². The van der Waals surface area contributed by atoms with E-state index in [-0.39, 0.29) is 11.9 Å². The van der Waals surface area contributed by atoms with Gasteiger partial charge in [-0.1, -0.05) is 0 Å². The first-order valence-electron chi connectivity index (χ1n) is 8.88. The number of nitrogens with zero attached hydrogens (tertiary/aromatic N) is 4. The second-order valence-corrected chi connectivity index (χ2v) is 6.93. The summed E-state index contributed by atoms with van der Waals surface area (Å²) in [5.41, 5.74) is 6.31. The molecule has 0 spiro atoms. The van der Waals surface area contributed by atoms with Gasteiger partial charge in [-0.2, -0.15) is 10.2 Å². The van der Waals surface area contributed by atoms with E-state index in [4.69, 9.17) is 9.84 Å². The van der Waals surface area contributed by atoms with Crippen molar-refractivity contribution in [3.8, 4) is 22.4 Å². The summed E-state index contributed by atoms with van der Waals surface area (Å²) in [6, 6.07) is 8.62. The van der Waals surface area contributed by atoms with Crippen LogP contribution >= 0.6 is 0 Å². The number of fused-ring (bicyclic) bond motifs is 2. The van der Waals surface area contributed by atoms with Crippen LogP contribution in [-0.4, -0.2) is 31.6 Å². The molecule has 27 heavy (non-hydrogen) atoms. The number of nitrogens with one attached hydrogen (secondary N) is 1. The van der Waals surface area contributed by atoms with Crippen molar-refractivity contribution in [1.29, 1.82) is 0 Å². The molecule has 1 aliphatic rings. The number of hydrogen-bond acceptors (Lipinski definition) is 4. The number of benzene rings is 1. The second-order valence-electron chi connectivity index (χ2n) is 6.93.